The van der Waals surface area contributed by atoms with Gasteiger partial charge in [0.05, 0.1) is 6.42 Å². The van der Waals surface area contributed by atoms with E-state index in [9.17, 15) is 9.59 Å². The van der Waals surface area contributed by atoms with Crippen LogP contribution >= 0.6 is 11.8 Å². The van der Waals surface area contributed by atoms with Crippen molar-refractivity contribution in [2.45, 2.75) is 25.3 Å². The predicted octanol–water partition coefficient (Wildman–Crippen LogP) is 2.02. The SMILES string of the molecule is CNC(=O)Cc1cccc(NC(=O)N2CCC(N3CCSCC3)CC2)c1. The van der Waals surface area contributed by atoms with Crippen molar-refractivity contribution in [3.63, 3.8) is 0 Å². The number of benzene rings is 1. The lowest BCUT2D eigenvalue weighted by Crippen LogP contribution is -2.49. The third kappa shape index (κ3) is 5.14. The highest BCUT2D eigenvalue weighted by Gasteiger charge is 2.27. The first-order valence-corrected chi connectivity index (χ1v) is 10.5. The van der Waals surface area contributed by atoms with Crippen molar-refractivity contribution in [2.75, 3.05) is 50.0 Å². The van der Waals surface area contributed by atoms with Gasteiger partial charge in [-0.3, -0.25) is 9.69 Å². The zero-order chi connectivity index (χ0) is 18.4. The average molecular weight is 377 g/mol. The molecule has 26 heavy (non-hydrogen) atoms. The average Bonchev–Trinajstić information content (AvgIpc) is 2.69. The highest BCUT2D eigenvalue weighted by molar-refractivity contribution is 7.99. The number of likely N-dealkylation sites (tertiary alicyclic amines) is 1. The van der Waals surface area contributed by atoms with Crippen LogP contribution in [-0.2, 0) is 11.2 Å². The summed E-state index contributed by atoms with van der Waals surface area (Å²) in [7, 11) is 1.63. The molecule has 142 valence electrons. The molecule has 0 aromatic heterocycles. The second-order valence-corrected chi connectivity index (χ2v) is 8.07. The molecule has 2 aliphatic rings. The fourth-order valence-corrected chi connectivity index (χ4v) is 4.54. The number of hydrogen-bond acceptors (Lipinski definition) is 4. The van der Waals surface area contributed by atoms with Crippen LogP contribution in [0.3, 0.4) is 0 Å². The third-order valence-electron chi connectivity index (χ3n) is 5.14. The van der Waals surface area contributed by atoms with Crippen LogP contribution in [0.1, 0.15) is 18.4 Å². The standard InChI is InChI=1S/C19H28N4O2S/c1-20-18(24)14-15-3-2-4-16(13-15)21-19(25)23-7-5-17(6-8-23)22-9-11-26-12-10-22/h2-4,13,17H,5-12,14H2,1H3,(H,20,24)(H,21,25). The Morgan fingerprint density at radius 1 is 1.15 bits per heavy atom. The fourth-order valence-electron chi connectivity index (χ4n) is 3.61. The van der Waals surface area contributed by atoms with Gasteiger partial charge in [0.2, 0.25) is 5.91 Å². The van der Waals surface area contributed by atoms with E-state index in [1.807, 2.05) is 40.9 Å². The van der Waals surface area contributed by atoms with E-state index in [0.29, 0.717) is 12.5 Å². The van der Waals surface area contributed by atoms with Crippen LogP contribution in [0.4, 0.5) is 10.5 Å². The summed E-state index contributed by atoms with van der Waals surface area (Å²) in [6, 6.07) is 8.07. The Morgan fingerprint density at radius 3 is 2.58 bits per heavy atom. The van der Waals surface area contributed by atoms with Gasteiger partial charge in [-0.25, -0.2) is 4.79 Å². The molecule has 2 saturated heterocycles. The molecule has 0 atom stereocenters. The number of anilines is 1. The van der Waals surface area contributed by atoms with Gasteiger partial charge in [0, 0.05) is 56.5 Å². The molecule has 0 radical (unpaired) electrons. The quantitative estimate of drug-likeness (QED) is 0.844. The fraction of sp³-hybridized carbons (Fsp3) is 0.579. The summed E-state index contributed by atoms with van der Waals surface area (Å²) in [6.45, 7) is 3.97. The van der Waals surface area contributed by atoms with Crippen LogP contribution < -0.4 is 10.6 Å². The number of carbonyl (C=O) groups excluding carboxylic acids is 2. The number of urea groups is 1. The van der Waals surface area contributed by atoms with Crippen molar-refractivity contribution < 1.29 is 9.59 Å². The van der Waals surface area contributed by atoms with Crippen molar-refractivity contribution in [1.82, 2.24) is 15.1 Å². The maximum Gasteiger partial charge on any atom is 0.321 e. The Labute approximate surface area is 159 Å². The van der Waals surface area contributed by atoms with E-state index in [1.165, 1.54) is 24.6 Å². The molecular formula is C19H28N4O2S. The smallest absolute Gasteiger partial charge is 0.321 e. The number of carbonyl (C=O) groups is 2. The first-order chi connectivity index (χ1) is 12.7. The lowest BCUT2D eigenvalue weighted by Gasteiger charge is -2.40. The molecule has 7 heteroatoms. The second-order valence-electron chi connectivity index (χ2n) is 6.85. The molecule has 0 saturated carbocycles. The molecule has 2 aliphatic heterocycles. The maximum absolute atomic E-state index is 12.6. The molecule has 6 nitrogen and oxygen atoms in total. The van der Waals surface area contributed by atoms with Gasteiger partial charge in [0.15, 0.2) is 0 Å². The van der Waals surface area contributed by atoms with E-state index >= 15 is 0 Å². The first kappa shape index (κ1) is 19.0. The molecular weight excluding hydrogens is 348 g/mol. The zero-order valence-corrected chi connectivity index (χ0v) is 16.2. The minimum absolute atomic E-state index is 0.0355. The molecule has 0 bridgehead atoms. The predicted molar refractivity (Wildman–Crippen MR) is 107 cm³/mol. The summed E-state index contributed by atoms with van der Waals surface area (Å²) in [5, 5.41) is 5.59. The van der Waals surface area contributed by atoms with Crippen molar-refractivity contribution in [2.24, 2.45) is 0 Å². The topological polar surface area (TPSA) is 64.7 Å². The highest BCUT2D eigenvalue weighted by Crippen LogP contribution is 2.21. The van der Waals surface area contributed by atoms with Crippen molar-refractivity contribution in [3.05, 3.63) is 29.8 Å². The van der Waals surface area contributed by atoms with Gasteiger partial charge in [-0.15, -0.1) is 0 Å². The van der Waals surface area contributed by atoms with Gasteiger partial charge in [0.1, 0.15) is 0 Å². The second kappa shape index (κ2) is 9.28. The number of rotatable bonds is 4. The summed E-state index contributed by atoms with van der Waals surface area (Å²) in [4.78, 5) is 28.6. The van der Waals surface area contributed by atoms with Crippen LogP contribution in [0, 0.1) is 0 Å². The minimum Gasteiger partial charge on any atom is -0.359 e. The Hall–Kier alpha value is -1.73. The first-order valence-electron chi connectivity index (χ1n) is 9.33. The molecule has 3 rings (SSSR count). The lowest BCUT2D eigenvalue weighted by atomic mass is 10.0. The Kier molecular flexibility index (Phi) is 6.80. The van der Waals surface area contributed by atoms with Crippen LogP contribution in [-0.4, -0.2) is 72.5 Å². The molecule has 1 aromatic carbocycles. The van der Waals surface area contributed by atoms with Crippen molar-refractivity contribution >= 4 is 29.4 Å². The van der Waals surface area contributed by atoms with Crippen LogP contribution in [0.5, 0.6) is 0 Å². The van der Waals surface area contributed by atoms with Crippen LogP contribution in [0.2, 0.25) is 0 Å². The van der Waals surface area contributed by atoms with E-state index in [4.69, 9.17) is 0 Å². The van der Waals surface area contributed by atoms with Crippen molar-refractivity contribution in [3.8, 4) is 0 Å². The Balaban J connectivity index is 1.49. The van der Waals surface area contributed by atoms with Gasteiger partial charge in [0.25, 0.3) is 0 Å². The van der Waals surface area contributed by atoms with E-state index in [2.05, 4.69) is 15.5 Å². The Morgan fingerprint density at radius 2 is 1.88 bits per heavy atom. The minimum atomic E-state index is -0.0465. The van der Waals surface area contributed by atoms with E-state index in [1.54, 1.807) is 7.05 Å². The summed E-state index contributed by atoms with van der Waals surface area (Å²) in [6.07, 6.45) is 2.42. The maximum atomic E-state index is 12.6. The lowest BCUT2D eigenvalue weighted by molar-refractivity contribution is -0.119. The number of thioether (sulfide) groups is 1. The molecule has 2 N–H and O–H groups in total. The molecule has 2 fully saturated rings. The van der Waals surface area contributed by atoms with Gasteiger partial charge in [-0.05, 0) is 30.5 Å². The number of amides is 3. The Bertz CT molecular complexity index is 626. The molecule has 1 aromatic rings. The number of hydrogen-bond donors (Lipinski definition) is 2. The van der Waals surface area contributed by atoms with Crippen molar-refractivity contribution in [1.29, 1.82) is 0 Å². The molecule has 0 spiro atoms. The number of likely N-dealkylation sites (N-methyl/N-ethyl adjacent to an activating group) is 1. The summed E-state index contributed by atoms with van der Waals surface area (Å²) in [5.41, 5.74) is 1.63. The number of nitrogens with one attached hydrogen (secondary N) is 2. The van der Waals surface area contributed by atoms with E-state index in [0.717, 1.165) is 37.2 Å². The number of nitrogens with zero attached hydrogens (tertiary/aromatic N) is 2. The zero-order valence-electron chi connectivity index (χ0n) is 15.4. The third-order valence-corrected chi connectivity index (χ3v) is 6.08. The summed E-state index contributed by atoms with van der Waals surface area (Å²) >= 11 is 2.03. The number of piperidine rings is 1. The summed E-state index contributed by atoms with van der Waals surface area (Å²) < 4.78 is 0. The van der Waals surface area contributed by atoms with Gasteiger partial charge in [-0.2, -0.15) is 11.8 Å². The molecule has 3 amide bonds. The van der Waals surface area contributed by atoms with E-state index in [-0.39, 0.29) is 11.9 Å². The molecule has 2 heterocycles. The summed E-state index contributed by atoms with van der Waals surface area (Å²) in [5.74, 6) is 2.42. The highest BCUT2D eigenvalue weighted by atomic mass is 32.2. The van der Waals surface area contributed by atoms with Gasteiger partial charge < -0.3 is 15.5 Å². The molecule has 0 unspecified atom stereocenters. The van der Waals surface area contributed by atoms with Gasteiger partial charge >= 0.3 is 6.03 Å². The molecule has 0 aliphatic carbocycles. The van der Waals surface area contributed by atoms with Crippen LogP contribution in [0.15, 0.2) is 24.3 Å². The normalized spacial score (nSPS) is 19.2. The van der Waals surface area contributed by atoms with E-state index < -0.39 is 0 Å². The monoisotopic (exact) mass is 376 g/mol. The largest absolute Gasteiger partial charge is 0.359 e. The van der Waals surface area contributed by atoms with Crippen LogP contribution in [0.25, 0.3) is 0 Å². The van der Waals surface area contributed by atoms with Gasteiger partial charge in [-0.1, -0.05) is 12.1 Å².